The number of pyridine rings is 3. The molecule has 3 aliphatic heterocycles. The maximum atomic E-state index is 13.5. The van der Waals surface area contributed by atoms with Gasteiger partial charge in [0.05, 0.1) is 49.3 Å². The quantitative estimate of drug-likeness (QED) is 0.0642. The Morgan fingerprint density at radius 2 is 0.745 bits per heavy atom. The van der Waals surface area contributed by atoms with Crippen molar-refractivity contribution in [3.05, 3.63) is 298 Å². The smallest absolute Gasteiger partial charge is 0.357 e. The van der Waals surface area contributed by atoms with E-state index in [0.717, 1.165) is 0 Å². The van der Waals surface area contributed by atoms with Gasteiger partial charge in [0.25, 0.3) is 17.7 Å². The van der Waals surface area contributed by atoms with E-state index in [0.29, 0.717) is 136 Å². The minimum absolute atomic E-state index is 0.0424. The van der Waals surface area contributed by atoms with Gasteiger partial charge in [0.1, 0.15) is 34.5 Å². The van der Waals surface area contributed by atoms with Gasteiger partial charge in [-0.15, -0.1) is 11.3 Å². The van der Waals surface area contributed by atoms with Gasteiger partial charge in [0, 0.05) is 124 Å². The summed E-state index contributed by atoms with van der Waals surface area (Å²) in [5.74, 6) is -1.68. The number of hydrogen-bond acceptors (Lipinski definition) is 17. The predicted molar refractivity (Wildman–Crippen MR) is 401 cm³/mol. The molecule has 3 saturated heterocycles. The number of piperazine rings is 3. The lowest BCUT2D eigenvalue weighted by Gasteiger charge is -2.36. The fourth-order valence-corrected chi connectivity index (χ4v) is 14.3. The Labute approximate surface area is 612 Å². The Bertz CT molecular complexity index is 5340. The highest BCUT2D eigenvalue weighted by atomic mass is 35.5. The van der Waals surface area contributed by atoms with E-state index in [9.17, 15) is 72.3 Å². The van der Waals surface area contributed by atoms with Crippen LogP contribution < -0.4 is 31.4 Å². The standard InChI is InChI=1S/C27H22F2N4O4.C25H21FN4O4S.C24H26ClN5O4/c28-20-9-5-18(6-10-20)17-32-23-4-2-1-3-22(23)24(25(27(32)35)33(36)37)30-13-15-31(16-14-30)26(34)19-7-11-21(29)12-8-19;26-18-9-7-17(8-10-18)16-29-20-5-2-1-4-19(20)22(23(25(29)32)30(33)34)27-11-13-28(14-12-27)24(31)21-6-3-15-35-21;1-26(2)11-16-29-20-6-4-3-5-19(20)21(22(24(29)32)30(33)34)27-12-14-28(15-13-27)23(31)17-7-9-18(25)10-8-17/h1-12H,13-17H2;1-10,15H,11-14,16H2;3-10H,11-16H2,1-2H3. The highest BCUT2D eigenvalue weighted by molar-refractivity contribution is 7.12. The van der Waals surface area contributed by atoms with Crippen LogP contribution in [0.1, 0.15) is 41.5 Å². The number of carbonyl (C=O) groups is 3. The van der Waals surface area contributed by atoms with Crippen LogP contribution in [0.4, 0.5) is 47.3 Å². The zero-order valence-electron chi connectivity index (χ0n) is 57.3. The van der Waals surface area contributed by atoms with Gasteiger partial charge in [-0.05, 0) is 128 Å². The molecule has 0 spiro atoms. The van der Waals surface area contributed by atoms with E-state index in [1.165, 1.54) is 85.7 Å². The number of benzene rings is 7. The Hall–Kier alpha value is -12.1. The third-order valence-corrected chi connectivity index (χ3v) is 19.9. The van der Waals surface area contributed by atoms with Crippen molar-refractivity contribution < 1.29 is 42.3 Å². The highest BCUT2D eigenvalue weighted by Crippen LogP contribution is 2.38. The van der Waals surface area contributed by atoms with Crippen LogP contribution >= 0.6 is 22.9 Å². The molecule has 7 aromatic carbocycles. The van der Waals surface area contributed by atoms with Crippen LogP contribution in [-0.2, 0) is 19.6 Å². The van der Waals surface area contributed by atoms with Crippen LogP contribution in [0.15, 0.2) is 202 Å². The van der Waals surface area contributed by atoms with Crippen molar-refractivity contribution in [2.75, 3.05) is 114 Å². The molecule has 0 radical (unpaired) electrons. The van der Waals surface area contributed by atoms with Crippen molar-refractivity contribution in [2.24, 2.45) is 0 Å². The lowest BCUT2D eigenvalue weighted by atomic mass is 10.1. The summed E-state index contributed by atoms with van der Waals surface area (Å²) in [7, 11) is 3.78. The summed E-state index contributed by atoms with van der Waals surface area (Å²) in [5.41, 5.74) is 1.18. The topological polar surface area (TPSA) is 269 Å². The Balaban J connectivity index is 0.000000149. The Kier molecular flexibility index (Phi) is 22.4. The van der Waals surface area contributed by atoms with Gasteiger partial charge in [-0.25, -0.2) is 13.2 Å². The van der Waals surface area contributed by atoms with Crippen molar-refractivity contribution >= 4 is 107 Å². The normalized spacial score (nSPS) is 13.9. The van der Waals surface area contributed by atoms with E-state index in [4.69, 9.17) is 11.6 Å². The number of para-hydroxylation sites is 3. The number of nitro groups is 3. The molecule has 0 N–H and O–H groups in total. The van der Waals surface area contributed by atoms with E-state index >= 15 is 0 Å². The maximum absolute atomic E-state index is 13.5. The van der Waals surface area contributed by atoms with Crippen LogP contribution in [-0.4, -0.2) is 165 Å². The zero-order valence-corrected chi connectivity index (χ0v) is 58.9. The summed E-state index contributed by atoms with van der Waals surface area (Å²) in [5, 5.41) is 40.6. The number of nitrogens with zero attached hydrogens (tertiary/aromatic N) is 13. The van der Waals surface area contributed by atoms with Crippen molar-refractivity contribution in [1.29, 1.82) is 0 Å². The molecule has 14 rings (SSSR count). The number of carbonyl (C=O) groups excluding carboxylic acids is 3. The fourth-order valence-electron chi connectivity index (χ4n) is 13.5. The molecule has 25 nitrogen and oxygen atoms in total. The molecular formula is C76H69ClF3N13O12S. The van der Waals surface area contributed by atoms with E-state index in [2.05, 4.69) is 0 Å². The average molecular weight is 1480 g/mol. The summed E-state index contributed by atoms with van der Waals surface area (Å²) in [4.78, 5) is 126. The first-order valence-electron chi connectivity index (χ1n) is 33.8. The van der Waals surface area contributed by atoms with Crippen molar-refractivity contribution in [3.63, 3.8) is 0 Å². The van der Waals surface area contributed by atoms with Gasteiger partial charge in [0.15, 0.2) is 0 Å². The highest BCUT2D eigenvalue weighted by Gasteiger charge is 2.36. The molecule has 4 aromatic heterocycles. The van der Waals surface area contributed by atoms with Crippen LogP contribution in [0.3, 0.4) is 0 Å². The van der Waals surface area contributed by atoms with Crippen LogP contribution in [0.25, 0.3) is 32.7 Å². The first kappa shape index (κ1) is 73.7. The van der Waals surface area contributed by atoms with Crippen LogP contribution in [0.2, 0.25) is 5.02 Å². The van der Waals surface area contributed by atoms with Crippen molar-refractivity contribution in [2.45, 2.75) is 19.6 Å². The molecule has 0 unspecified atom stereocenters. The molecule has 3 fully saturated rings. The summed E-state index contributed by atoms with van der Waals surface area (Å²) in [6.45, 7) is 5.19. The number of anilines is 3. The summed E-state index contributed by atoms with van der Waals surface area (Å²) < 4.78 is 44.1. The third kappa shape index (κ3) is 15.9. The van der Waals surface area contributed by atoms with E-state index < -0.39 is 66.0 Å². The number of thiophene rings is 1. The van der Waals surface area contributed by atoms with Crippen LogP contribution in [0.5, 0.6) is 0 Å². The first-order chi connectivity index (χ1) is 51.0. The van der Waals surface area contributed by atoms with Crippen LogP contribution in [0, 0.1) is 47.8 Å². The van der Waals surface area contributed by atoms with Gasteiger partial charge in [-0.1, -0.05) is 96.5 Å². The molecular weight excluding hydrogens is 1410 g/mol. The summed E-state index contributed by atoms with van der Waals surface area (Å²) in [6, 6.07) is 48.2. The molecule has 11 aromatic rings. The molecule has 3 aliphatic rings. The van der Waals surface area contributed by atoms with E-state index in [1.807, 2.05) is 64.5 Å². The summed E-state index contributed by atoms with van der Waals surface area (Å²) in [6.07, 6.45) is 0. The number of fused-ring (bicyclic) bond motifs is 3. The average Bonchev–Trinajstić information content (AvgIpc) is 0.835. The maximum Gasteiger partial charge on any atom is 0.357 e. The second-order valence-corrected chi connectivity index (χ2v) is 26.9. The fraction of sp³-hybridized carbons (Fsp3) is 0.237. The molecule has 0 atom stereocenters. The van der Waals surface area contributed by atoms with Gasteiger partial charge >= 0.3 is 33.7 Å². The third-order valence-electron chi connectivity index (χ3n) is 18.8. The lowest BCUT2D eigenvalue weighted by Crippen LogP contribution is -2.49. The second-order valence-electron chi connectivity index (χ2n) is 25.5. The number of amides is 3. The van der Waals surface area contributed by atoms with E-state index in [1.54, 1.807) is 111 Å². The number of likely N-dealkylation sites (N-methyl/N-ethyl adjacent to an activating group) is 1. The Morgan fingerprint density at radius 3 is 1.08 bits per heavy atom. The number of aromatic nitrogens is 3. The van der Waals surface area contributed by atoms with Gasteiger partial charge in [-0.2, -0.15) is 0 Å². The zero-order chi connectivity index (χ0) is 75.0. The Morgan fingerprint density at radius 1 is 0.425 bits per heavy atom. The second kappa shape index (κ2) is 32.3. The van der Waals surface area contributed by atoms with Gasteiger partial charge in [-0.3, -0.25) is 68.2 Å². The predicted octanol–water partition coefficient (Wildman–Crippen LogP) is 11.4. The largest absolute Gasteiger partial charge is 0.362 e. The van der Waals surface area contributed by atoms with Crippen molar-refractivity contribution in [3.8, 4) is 0 Å². The minimum atomic E-state index is -0.757. The van der Waals surface area contributed by atoms with Gasteiger partial charge < -0.3 is 38.9 Å². The number of hydrogen-bond donors (Lipinski definition) is 0. The van der Waals surface area contributed by atoms with Gasteiger partial charge in [0.2, 0.25) is 0 Å². The van der Waals surface area contributed by atoms with E-state index in [-0.39, 0.29) is 68.4 Å². The van der Waals surface area contributed by atoms with Crippen molar-refractivity contribution in [1.82, 2.24) is 33.3 Å². The molecule has 30 heteroatoms. The molecule has 0 bridgehead atoms. The molecule has 0 aliphatic carbocycles. The molecule has 106 heavy (non-hydrogen) atoms. The summed E-state index contributed by atoms with van der Waals surface area (Å²) >= 11 is 7.30. The SMILES string of the molecule is CN(C)CCn1c(=O)c([N+](=O)[O-])c(N2CCN(C(=O)c3ccc(Cl)cc3)CC2)c2ccccc21.O=C(c1ccc(F)cc1)N1CCN(c2c([N+](=O)[O-])c(=O)n(Cc3ccc(F)cc3)c3ccccc23)CC1.O=C(c1cccs1)N1CCN(c2c([N+](=O)[O-])c(=O)n(Cc3ccc(F)cc3)c3ccccc23)CC1. The number of halogens is 4. The molecule has 7 heterocycles. The number of rotatable bonds is 16. The molecule has 544 valence electrons. The minimum Gasteiger partial charge on any atom is -0.362 e. The molecule has 3 amide bonds. The molecule has 0 saturated carbocycles. The first-order valence-corrected chi connectivity index (χ1v) is 35.0. The monoisotopic (exact) mass is 1480 g/mol. The lowest BCUT2D eigenvalue weighted by molar-refractivity contribution is -0.385.